The average molecular weight is 294 g/mol. The van der Waals surface area contributed by atoms with Crippen molar-refractivity contribution in [1.82, 2.24) is 5.32 Å². The molecule has 1 aliphatic carbocycles. The molecule has 2 heteroatoms. The largest absolute Gasteiger partial charge is 0.307 e. The van der Waals surface area contributed by atoms with Crippen molar-refractivity contribution in [3.63, 3.8) is 0 Å². The molecule has 92 valence electrons. The fourth-order valence-corrected chi connectivity index (χ4v) is 2.99. The first-order valence-electron chi connectivity index (χ1n) is 6.49. The van der Waals surface area contributed by atoms with E-state index in [1.807, 2.05) is 0 Å². The molecule has 1 aromatic carbocycles. The van der Waals surface area contributed by atoms with Gasteiger partial charge in [0, 0.05) is 4.47 Å². The van der Waals surface area contributed by atoms with E-state index in [1.165, 1.54) is 35.7 Å². The van der Waals surface area contributed by atoms with Gasteiger partial charge in [-0.05, 0) is 43.9 Å². The number of hydrogen-bond donors (Lipinski definition) is 1. The van der Waals surface area contributed by atoms with Gasteiger partial charge >= 0.3 is 0 Å². The van der Waals surface area contributed by atoms with Crippen LogP contribution in [0.3, 0.4) is 0 Å². The van der Waals surface area contributed by atoms with E-state index >= 15 is 0 Å². The summed E-state index contributed by atoms with van der Waals surface area (Å²) in [5.74, 6) is 0. The maximum atomic E-state index is 3.67. The lowest BCUT2D eigenvalue weighted by molar-refractivity contribution is 0.562. The number of halogens is 1. The van der Waals surface area contributed by atoms with Crippen LogP contribution in [0.2, 0.25) is 0 Å². The van der Waals surface area contributed by atoms with E-state index < -0.39 is 0 Å². The Hall–Kier alpha value is -0.600. The monoisotopic (exact) mass is 293 g/mol. The van der Waals surface area contributed by atoms with Gasteiger partial charge in [-0.1, -0.05) is 52.7 Å². The number of allylic oxidation sites excluding steroid dienone is 1. The SMILES string of the molecule is CCNC(C1=CCCCC1)c1ccccc1Br. The second-order valence-electron chi connectivity index (χ2n) is 4.54. The molecule has 1 N–H and O–H groups in total. The standard InChI is InChI=1S/C15H20BrN/c1-2-17-15(12-8-4-3-5-9-12)13-10-6-7-11-14(13)16/h6-8,10-11,15,17H,2-5,9H2,1H3. The van der Waals surface area contributed by atoms with Crippen LogP contribution >= 0.6 is 15.9 Å². The lowest BCUT2D eigenvalue weighted by atomic mass is 9.90. The van der Waals surface area contributed by atoms with E-state index in [2.05, 4.69) is 58.5 Å². The van der Waals surface area contributed by atoms with Gasteiger partial charge in [0.2, 0.25) is 0 Å². The van der Waals surface area contributed by atoms with Crippen LogP contribution in [0.5, 0.6) is 0 Å². The Morgan fingerprint density at radius 1 is 1.29 bits per heavy atom. The van der Waals surface area contributed by atoms with Crippen molar-refractivity contribution in [2.24, 2.45) is 0 Å². The molecule has 1 atom stereocenters. The van der Waals surface area contributed by atoms with Crippen LogP contribution < -0.4 is 5.32 Å². The normalized spacial score (nSPS) is 17.6. The number of rotatable bonds is 4. The third kappa shape index (κ3) is 3.20. The van der Waals surface area contributed by atoms with Crippen molar-refractivity contribution in [2.45, 2.75) is 38.6 Å². The van der Waals surface area contributed by atoms with E-state index in [0.717, 1.165) is 6.54 Å². The molecule has 1 unspecified atom stereocenters. The predicted molar refractivity (Wildman–Crippen MR) is 77.1 cm³/mol. The summed E-state index contributed by atoms with van der Waals surface area (Å²) in [6, 6.07) is 8.92. The van der Waals surface area contributed by atoms with E-state index in [9.17, 15) is 0 Å². The molecule has 1 aliphatic rings. The molecule has 0 radical (unpaired) electrons. The van der Waals surface area contributed by atoms with Crippen molar-refractivity contribution in [3.05, 3.63) is 46.0 Å². The summed E-state index contributed by atoms with van der Waals surface area (Å²) in [6.07, 6.45) is 7.58. The van der Waals surface area contributed by atoms with Gasteiger partial charge in [-0.2, -0.15) is 0 Å². The zero-order chi connectivity index (χ0) is 12.1. The summed E-state index contributed by atoms with van der Waals surface area (Å²) in [7, 11) is 0. The van der Waals surface area contributed by atoms with E-state index in [1.54, 1.807) is 5.57 Å². The Balaban J connectivity index is 2.28. The highest BCUT2D eigenvalue weighted by Crippen LogP contribution is 2.33. The summed E-state index contributed by atoms with van der Waals surface area (Å²) in [6.45, 7) is 3.18. The highest BCUT2D eigenvalue weighted by atomic mass is 79.9. The lowest BCUT2D eigenvalue weighted by Crippen LogP contribution is -2.24. The molecule has 2 rings (SSSR count). The number of benzene rings is 1. The molecule has 0 bridgehead atoms. The number of nitrogens with one attached hydrogen (secondary N) is 1. The Morgan fingerprint density at radius 3 is 2.76 bits per heavy atom. The fraction of sp³-hybridized carbons (Fsp3) is 0.467. The summed E-state index contributed by atoms with van der Waals surface area (Å²) in [5, 5.41) is 3.61. The van der Waals surface area contributed by atoms with Crippen LogP contribution in [0.4, 0.5) is 0 Å². The van der Waals surface area contributed by atoms with Crippen molar-refractivity contribution >= 4 is 15.9 Å². The average Bonchev–Trinajstić information content (AvgIpc) is 2.38. The van der Waals surface area contributed by atoms with Gasteiger partial charge in [-0.3, -0.25) is 0 Å². The minimum atomic E-state index is 0.385. The van der Waals surface area contributed by atoms with Crippen molar-refractivity contribution in [1.29, 1.82) is 0 Å². The van der Waals surface area contributed by atoms with Crippen molar-refractivity contribution < 1.29 is 0 Å². The van der Waals surface area contributed by atoms with Gasteiger partial charge in [0.1, 0.15) is 0 Å². The Kier molecular flexibility index (Phi) is 4.81. The Morgan fingerprint density at radius 2 is 2.12 bits per heavy atom. The number of hydrogen-bond acceptors (Lipinski definition) is 1. The highest BCUT2D eigenvalue weighted by Gasteiger charge is 2.18. The molecule has 0 aliphatic heterocycles. The summed E-state index contributed by atoms with van der Waals surface area (Å²) < 4.78 is 1.21. The third-order valence-corrected chi connectivity index (χ3v) is 4.04. The first-order chi connectivity index (χ1) is 8.33. The molecule has 0 spiro atoms. The van der Waals surface area contributed by atoms with E-state index in [0.29, 0.717) is 6.04 Å². The maximum absolute atomic E-state index is 3.67. The first-order valence-corrected chi connectivity index (χ1v) is 7.29. The van der Waals surface area contributed by atoms with Crippen molar-refractivity contribution in [3.8, 4) is 0 Å². The van der Waals surface area contributed by atoms with Gasteiger partial charge in [0.25, 0.3) is 0 Å². The molecule has 0 amide bonds. The molecular weight excluding hydrogens is 274 g/mol. The summed E-state index contributed by atoms with van der Waals surface area (Å²) in [4.78, 5) is 0. The second kappa shape index (κ2) is 6.36. The fourth-order valence-electron chi connectivity index (χ4n) is 2.48. The summed E-state index contributed by atoms with van der Waals surface area (Å²) in [5.41, 5.74) is 2.92. The van der Waals surface area contributed by atoms with Gasteiger partial charge in [-0.25, -0.2) is 0 Å². The lowest BCUT2D eigenvalue weighted by Gasteiger charge is -2.25. The quantitative estimate of drug-likeness (QED) is 0.800. The third-order valence-electron chi connectivity index (χ3n) is 3.32. The zero-order valence-electron chi connectivity index (χ0n) is 10.4. The molecule has 0 saturated heterocycles. The molecule has 0 fully saturated rings. The smallest absolute Gasteiger partial charge is 0.0547 e. The van der Waals surface area contributed by atoms with Crippen LogP contribution in [0.1, 0.15) is 44.2 Å². The topological polar surface area (TPSA) is 12.0 Å². The molecular formula is C15H20BrN. The van der Waals surface area contributed by atoms with Crippen LogP contribution in [0.15, 0.2) is 40.4 Å². The van der Waals surface area contributed by atoms with Crippen LogP contribution in [0, 0.1) is 0 Å². The maximum Gasteiger partial charge on any atom is 0.0547 e. The highest BCUT2D eigenvalue weighted by molar-refractivity contribution is 9.10. The van der Waals surface area contributed by atoms with Crippen LogP contribution in [0.25, 0.3) is 0 Å². The van der Waals surface area contributed by atoms with Crippen LogP contribution in [-0.2, 0) is 0 Å². The molecule has 0 heterocycles. The zero-order valence-corrected chi connectivity index (χ0v) is 12.0. The van der Waals surface area contributed by atoms with Gasteiger partial charge in [0.15, 0.2) is 0 Å². The van der Waals surface area contributed by atoms with Gasteiger partial charge in [-0.15, -0.1) is 0 Å². The van der Waals surface area contributed by atoms with Crippen molar-refractivity contribution in [2.75, 3.05) is 6.54 Å². The van der Waals surface area contributed by atoms with Gasteiger partial charge in [0.05, 0.1) is 6.04 Å². The minimum absolute atomic E-state index is 0.385. The van der Waals surface area contributed by atoms with Crippen LogP contribution in [-0.4, -0.2) is 6.54 Å². The molecule has 1 nitrogen and oxygen atoms in total. The Bertz CT molecular complexity index is 398. The van der Waals surface area contributed by atoms with E-state index in [-0.39, 0.29) is 0 Å². The first kappa shape index (κ1) is 12.8. The summed E-state index contributed by atoms with van der Waals surface area (Å²) >= 11 is 3.67. The molecule has 1 aromatic rings. The predicted octanol–water partition coefficient (Wildman–Crippen LogP) is 4.60. The molecule has 17 heavy (non-hydrogen) atoms. The molecule has 0 saturated carbocycles. The Labute approximate surface area is 112 Å². The van der Waals surface area contributed by atoms with Gasteiger partial charge < -0.3 is 5.32 Å². The number of likely N-dealkylation sites (N-methyl/N-ethyl adjacent to an activating group) is 1. The molecule has 0 aromatic heterocycles. The van der Waals surface area contributed by atoms with E-state index in [4.69, 9.17) is 0 Å². The second-order valence-corrected chi connectivity index (χ2v) is 5.39. The minimum Gasteiger partial charge on any atom is -0.307 e.